The molecule has 1 fully saturated rings. The van der Waals surface area contributed by atoms with Gasteiger partial charge in [0.2, 0.25) is 5.91 Å². The zero-order valence-electron chi connectivity index (χ0n) is 13.3. The zero-order valence-corrected chi connectivity index (χ0v) is 13.3. The molecule has 2 atom stereocenters. The molecule has 0 saturated heterocycles. The van der Waals surface area contributed by atoms with E-state index in [2.05, 4.69) is 36.4 Å². The van der Waals surface area contributed by atoms with Crippen molar-refractivity contribution >= 4 is 28.2 Å². The molecule has 2 aliphatic rings. The van der Waals surface area contributed by atoms with Crippen LogP contribution in [0.5, 0.6) is 0 Å². The molecule has 1 aliphatic carbocycles. The molecular formula is C20H19NO3. The lowest BCUT2D eigenvalue weighted by Crippen LogP contribution is -2.36. The molecule has 1 heterocycles. The van der Waals surface area contributed by atoms with Gasteiger partial charge in [0.05, 0.1) is 11.8 Å². The van der Waals surface area contributed by atoms with Gasteiger partial charge >= 0.3 is 5.97 Å². The second kappa shape index (κ2) is 5.78. The summed E-state index contributed by atoms with van der Waals surface area (Å²) < 4.78 is 0. The molecule has 2 unspecified atom stereocenters. The number of carbonyl (C=O) groups excluding carboxylic acids is 1. The maximum Gasteiger partial charge on any atom is 0.307 e. The number of rotatable bonds is 3. The Morgan fingerprint density at radius 1 is 1.04 bits per heavy atom. The van der Waals surface area contributed by atoms with E-state index in [0.29, 0.717) is 19.5 Å². The average molecular weight is 321 g/mol. The highest BCUT2D eigenvalue weighted by Gasteiger charge is 2.49. The van der Waals surface area contributed by atoms with Gasteiger partial charge in [0, 0.05) is 13.1 Å². The molecule has 0 aromatic heterocycles. The fourth-order valence-electron chi connectivity index (χ4n) is 3.59. The zero-order chi connectivity index (χ0) is 16.7. The molecule has 1 amide bonds. The number of fused-ring (bicyclic) bond motifs is 1. The van der Waals surface area contributed by atoms with Gasteiger partial charge < -0.3 is 10.0 Å². The van der Waals surface area contributed by atoms with Crippen molar-refractivity contribution in [2.24, 2.45) is 11.8 Å². The van der Waals surface area contributed by atoms with Crippen molar-refractivity contribution in [2.45, 2.75) is 12.8 Å². The smallest absolute Gasteiger partial charge is 0.307 e. The summed E-state index contributed by atoms with van der Waals surface area (Å²) >= 11 is 0. The van der Waals surface area contributed by atoms with Crippen LogP contribution >= 0.6 is 0 Å². The topological polar surface area (TPSA) is 57.6 Å². The summed E-state index contributed by atoms with van der Waals surface area (Å²) in [4.78, 5) is 25.1. The average Bonchev–Trinajstić information content (AvgIpc) is 3.42. The third kappa shape index (κ3) is 2.58. The fraction of sp³-hybridized carbons (Fsp3) is 0.300. The van der Waals surface area contributed by atoms with Gasteiger partial charge in [-0.1, -0.05) is 48.5 Å². The minimum absolute atomic E-state index is 0.00406. The largest absolute Gasteiger partial charge is 0.481 e. The molecule has 1 aliphatic heterocycles. The SMILES string of the molecule is O=C(O)C1CC1C(=O)N1CC=C(c2cccc3ccccc23)CC1. The maximum absolute atomic E-state index is 12.4. The minimum atomic E-state index is -0.850. The third-order valence-corrected chi connectivity index (χ3v) is 5.08. The van der Waals surface area contributed by atoms with E-state index >= 15 is 0 Å². The summed E-state index contributed by atoms with van der Waals surface area (Å²) in [6.07, 6.45) is 3.41. The van der Waals surface area contributed by atoms with Crippen molar-refractivity contribution in [3.63, 3.8) is 0 Å². The van der Waals surface area contributed by atoms with Crippen molar-refractivity contribution in [3.8, 4) is 0 Å². The van der Waals surface area contributed by atoms with Gasteiger partial charge in [-0.15, -0.1) is 0 Å². The van der Waals surface area contributed by atoms with Crippen molar-refractivity contribution in [3.05, 3.63) is 54.1 Å². The van der Waals surface area contributed by atoms with Crippen LogP contribution < -0.4 is 0 Å². The van der Waals surface area contributed by atoms with Crippen molar-refractivity contribution < 1.29 is 14.7 Å². The Hall–Kier alpha value is -2.62. The van der Waals surface area contributed by atoms with Crippen LogP contribution in [-0.2, 0) is 9.59 Å². The lowest BCUT2D eigenvalue weighted by atomic mass is 9.94. The Morgan fingerprint density at radius 2 is 1.83 bits per heavy atom. The minimum Gasteiger partial charge on any atom is -0.481 e. The number of carboxylic acids is 1. The second-order valence-corrected chi connectivity index (χ2v) is 6.58. The standard InChI is InChI=1S/C20H19NO3/c22-19(17-12-18(17)20(23)24)21-10-8-14(9-11-21)16-7-3-5-13-4-1-2-6-15(13)16/h1-8,17-18H,9-12H2,(H,23,24). The van der Waals surface area contributed by atoms with Crippen molar-refractivity contribution in [1.82, 2.24) is 4.90 Å². The second-order valence-electron chi connectivity index (χ2n) is 6.58. The predicted molar refractivity (Wildman–Crippen MR) is 92.4 cm³/mol. The molecule has 2 aromatic carbocycles. The van der Waals surface area contributed by atoms with E-state index in [1.54, 1.807) is 4.90 Å². The monoisotopic (exact) mass is 321 g/mol. The van der Waals surface area contributed by atoms with Gasteiger partial charge in [-0.3, -0.25) is 9.59 Å². The van der Waals surface area contributed by atoms with Crippen LogP contribution in [0.2, 0.25) is 0 Å². The Labute approximate surface area is 140 Å². The quantitative estimate of drug-likeness (QED) is 0.944. The number of carbonyl (C=O) groups is 2. The van der Waals surface area contributed by atoms with E-state index in [-0.39, 0.29) is 11.8 Å². The number of hydrogen-bond donors (Lipinski definition) is 1. The van der Waals surface area contributed by atoms with Crippen molar-refractivity contribution in [2.75, 3.05) is 13.1 Å². The number of carboxylic acid groups (broad SMARTS) is 1. The first kappa shape index (κ1) is 14.9. The van der Waals surface area contributed by atoms with E-state index in [1.807, 2.05) is 12.1 Å². The fourth-order valence-corrected chi connectivity index (χ4v) is 3.59. The van der Waals surface area contributed by atoms with Crippen LogP contribution in [0.4, 0.5) is 0 Å². The van der Waals surface area contributed by atoms with Crippen LogP contribution in [0.3, 0.4) is 0 Å². The molecule has 4 rings (SSSR count). The highest BCUT2D eigenvalue weighted by atomic mass is 16.4. The number of nitrogens with zero attached hydrogens (tertiary/aromatic N) is 1. The van der Waals surface area contributed by atoms with Gasteiger partial charge in [-0.05, 0) is 34.8 Å². The van der Waals surface area contributed by atoms with Crippen molar-refractivity contribution in [1.29, 1.82) is 0 Å². The lowest BCUT2D eigenvalue weighted by Gasteiger charge is -2.27. The first-order valence-electron chi connectivity index (χ1n) is 8.34. The molecule has 2 aromatic rings. The van der Waals surface area contributed by atoms with E-state index in [9.17, 15) is 9.59 Å². The molecule has 0 radical (unpaired) electrons. The first-order chi connectivity index (χ1) is 11.6. The number of aliphatic carboxylic acids is 1. The molecule has 0 spiro atoms. The highest BCUT2D eigenvalue weighted by molar-refractivity contribution is 5.95. The van der Waals surface area contributed by atoms with Gasteiger partial charge in [0.25, 0.3) is 0 Å². The van der Waals surface area contributed by atoms with E-state index in [1.165, 1.54) is 21.9 Å². The number of benzene rings is 2. The normalized spacial score (nSPS) is 23.0. The Bertz CT molecular complexity index is 850. The Morgan fingerprint density at radius 3 is 2.54 bits per heavy atom. The van der Waals surface area contributed by atoms with Gasteiger partial charge in [-0.25, -0.2) is 0 Å². The summed E-state index contributed by atoms with van der Waals surface area (Å²) in [5.41, 5.74) is 2.50. The van der Waals surface area contributed by atoms with Gasteiger partial charge in [0.15, 0.2) is 0 Å². The van der Waals surface area contributed by atoms with E-state index in [4.69, 9.17) is 5.11 Å². The number of amides is 1. The van der Waals surface area contributed by atoms with Gasteiger partial charge in [-0.2, -0.15) is 0 Å². The van der Waals surface area contributed by atoms with Crippen LogP contribution in [0.25, 0.3) is 16.3 Å². The summed E-state index contributed by atoms with van der Waals surface area (Å²) in [6.45, 7) is 1.23. The molecule has 0 bridgehead atoms. The molecule has 122 valence electrons. The lowest BCUT2D eigenvalue weighted by molar-refractivity contribution is -0.141. The highest BCUT2D eigenvalue weighted by Crippen LogP contribution is 2.40. The Kier molecular flexibility index (Phi) is 3.60. The van der Waals surface area contributed by atoms with E-state index in [0.717, 1.165) is 6.42 Å². The summed E-state index contributed by atoms with van der Waals surface area (Å²) in [7, 11) is 0. The molecule has 4 nitrogen and oxygen atoms in total. The van der Waals surface area contributed by atoms with Crippen LogP contribution in [-0.4, -0.2) is 35.0 Å². The van der Waals surface area contributed by atoms with Crippen LogP contribution in [0, 0.1) is 11.8 Å². The molecule has 24 heavy (non-hydrogen) atoms. The van der Waals surface area contributed by atoms with Gasteiger partial charge in [0.1, 0.15) is 0 Å². The summed E-state index contributed by atoms with van der Waals surface area (Å²) in [5, 5.41) is 11.4. The third-order valence-electron chi connectivity index (χ3n) is 5.08. The molecule has 4 heteroatoms. The number of hydrogen-bond acceptors (Lipinski definition) is 2. The van der Waals surface area contributed by atoms with Crippen LogP contribution in [0.15, 0.2) is 48.5 Å². The Balaban J connectivity index is 1.52. The predicted octanol–water partition coefficient (Wildman–Crippen LogP) is 3.18. The molecule has 1 saturated carbocycles. The molecular weight excluding hydrogens is 302 g/mol. The first-order valence-corrected chi connectivity index (χ1v) is 8.34. The maximum atomic E-state index is 12.4. The van der Waals surface area contributed by atoms with Crippen LogP contribution in [0.1, 0.15) is 18.4 Å². The summed E-state index contributed by atoms with van der Waals surface area (Å²) in [6, 6.07) is 14.6. The van der Waals surface area contributed by atoms with E-state index < -0.39 is 11.9 Å². The summed E-state index contributed by atoms with van der Waals surface area (Å²) in [5.74, 6) is -1.64. The molecule has 1 N–H and O–H groups in total.